The lowest BCUT2D eigenvalue weighted by molar-refractivity contribution is -0.132. The van der Waals surface area contributed by atoms with Crippen LogP contribution in [0, 0.1) is 11.3 Å². The Morgan fingerprint density at radius 1 is 0.690 bits per heavy atom. The quantitative estimate of drug-likeness (QED) is 0.160. The molecule has 8 heteroatoms. The van der Waals surface area contributed by atoms with Crippen LogP contribution in [-0.2, 0) is 4.79 Å². The van der Waals surface area contributed by atoms with E-state index in [2.05, 4.69) is 63.6 Å². The molecule has 2 heterocycles. The largest absolute Gasteiger partial charge is 0.477 e. The van der Waals surface area contributed by atoms with E-state index in [0.717, 1.165) is 39.6 Å². The molecule has 0 aliphatic heterocycles. The van der Waals surface area contributed by atoms with Crippen molar-refractivity contribution in [2.24, 2.45) is 0 Å². The van der Waals surface area contributed by atoms with Gasteiger partial charge in [0.25, 0.3) is 0 Å². The predicted octanol–water partition coefficient (Wildman–Crippen LogP) is 7.19. The van der Waals surface area contributed by atoms with Gasteiger partial charge in [-0.05, 0) is 95.6 Å². The topological polar surface area (TPSA) is 100.0 Å². The highest BCUT2D eigenvalue weighted by Gasteiger charge is 2.14. The minimum atomic E-state index is -1.24. The van der Waals surface area contributed by atoms with Gasteiger partial charge < -0.3 is 10.0 Å². The molecule has 8 nitrogen and oxygen atoms in total. The molecule has 0 bridgehead atoms. The zero-order valence-corrected chi connectivity index (χ0v) is 22.3. The lowest BCUT2D eigenvalue weighted by Gasteiger charge is -2.26. The third-order valence-corrected chi connectivity index (χ3v) is 6.79. The first-order valence-corrected chi connectivity index (χ1v) is 13.1. The molecular formula is C34H24N6O2. The molecule has 0 saturated heterocycles. The van der Waals surface area contributed by atoms with E-state index in [-0.39, 0.29) is 5.57 Å². The molecule has 202 valence electrons. The summed E-state index contributed by atoms with van der Waals surface area (Å²) < 4.78 is 3.65. The van der Waals surface area contributed by atoms with Gasteiger partial charge >= 0.3 is 5.97 Å². The Labute approximate surface area is 242 Å². The van der Waals surface area contributed by atoms with Crippen LogP contribution < -0.4 is 4.90 Å². The Balaban J connectivity index is 1.32. The first-order chi connectivity index (χ1) is 20.6. The highest BCUT2D eigenvalue weighted by Crippen LogP contribution is 2.36. The monoisotopic (exact) mass is 548 g/mol. The third kappa shape index (κ3) is 5.43. The number of benzene rings is 4. The summed E-state index contributed by atoms with van der Waals surface area (Å²) in [4.78, 5) is 13.3. The number of nitriles is 1. The number of rotatable bonds is 8. The maximum absolute atomic E-state index is 11.2. The molecule has 2 aromatic heterocycles. The van der Waals surface area contributed by atoms with Gasteiger partial charge in [-0.25, -0.2) is 14.2 Å². The van der Waals surface area contributed by atoms with E-state index in [0.29, 0.717) is 5.56 Å². The van der Waals surface area contributed by atoms with Crippen molar-refractivity contribution >= 4 is 29.1 Å². The Bertz CT molecular complexity index is 1790. The standard InChI is InChI=1S/C34H24N6O2/c35-24-28(34(41)42)23-25-3-5-26(6-4-25)27-7-9-31(10-8-27)40(32-15-11-29(12-16-32)38-21-1-19-36-38)33-17-13-30(14-18-33)39-22-2-20-37-39/h1-23H,(H,41,42)/b28-23-. The fraction of sp³-hybridized carbons (Fsp3) is 0. The number of carboxylic acid groups (broad SMARTS) is 1. The van der Waals surface area contributed by atoms with Crippen molar-refractivity contribution in [3.8, 4) is 28.6 Å². The van der Waals surface area contributed by atoms with Gasteiger partial charge in [0.1, 0.15) is 11.6 Å². The molecule has 0 unspecified atom stereocenters. The molecule has 42 heavy (non-hydrogen) atoms. The van der Waals surface area contributed by atoms with Crippen molar-refractivity contribution < 1.29 is 9.90 Å². The summed E-state index contributed by atoms with van der Waals surface area (Å²) in [5.74, 6) is -1.24. The van der Waals surface area contributed by atoms with E-state index in [4.69, 9.17) is 10.4 Å². The summed E-state index contributed by atoms with van der Waals surface area (Å²) in [6.07, 6.45) is 8.70. The molecular weight excluding hydrogens is 524 g/mol. The second kappa shape index (κ2) is 11.5. The van der Waals surface area contributed by atoms with Gasteiger partial charge in [-0.3, -0.25) is 0 Å². The van der Waals surface area contributed by atoms with Gasteiger partial charge in [-0.1, -0.05) is 36.4 Å². The van der Waals surface area contributed by atoms with E-state index in [9.17, 15) is 4.79 Å². The van der Waals surface area contributed by atoms with Crippen LogP contribution in [0.3, 0.4) is 0 Å². The van der Waals surface area contributed by atoms with Gasteiger partial charge in [0.2, 0.25) is 0 Å². The number of hydrogen-bond acceptors (Lipinski definition) is 5. The van der Waals surface area contributed by atoms with Crippen LogP contribution in [0.4, 0.5) is 17.1 Å². The molecule has 0 saturated carbocycles. The van der Waals surface area contributed by atoms with Crippen molar-refractivity contribution in [3.05, 3.63) is 145 Å². The maximum atomic E-state index is 11.2. The van der Waals surface area contributed by atoms with Gasteiger partial charge in [-0.2, -0.15) is 15.5 Å². The first-order valence-electron chi connectivity index (χ1n) is 13.1. The van der Waals surface area contributed by atoms with Crippen LogP contribution >= 0.6 is 0 Å². The fourth-order valence-electron chi connectivity index (χ4n) is 4.68. The summed E-state index contributed by atoms with van der Waals surface area (Å²) in [7, 11) is 0. The molecule has 0 amide bonds. The maximum Gasteiger partial charge on any atom is 0.346 e. The van der Waals surface area contributed by atoms with E-state index in [1.54, 1.807) is 30.6 Å². The van der Waals surface area contributed by atoms with Crippen LogP contribution in [0.2, 0.25) is 0 Å². The van der Waals surface area contributed by atoms with E-state index < -0.39 is 5.97 Å². The van der Waals surface area contributed by atoms with Gasteiger partial charge in [0, 0.05) is 41.8 Å². The van der Waals surface area contributed by atoms with Gasteiger partial charge in [0.15, 0.2) is 0 Å². The summed E-state index contributed by atoms with van der Waals surface area (Å²) in [6.45, 7) is 0. The molecule has 0 aliphatic rings. The van der Waals surface area contributed by atoms with Crippen molar-refractivity contribution in [3.63, 3.8) is 0 Å². The molecule has 6 aromatic rings. The lowest BCUT2D eigenvalue weighted by Crippen LogP contribution is -2.10. The van der Waals surface area contributed by atoms with Crippen LogP contribution in [-0.4, -0.2) is 30.6 Å². The number of carboxylic acids is 1. The number of hydrogen-bond donors (Lipinski definition) is 1. The smallest absolute Gasteiger partial charge is 0.346 e. The molecule has 0 atom stereocenters. The average molecular weight is 549 g/mol. The second-order valence-corrected chi connectivity index (χ2v) is 9.41. The van der Waals surface area contributed by atoms with Crippen LogP contribution in [0.5, 0.6) is 0 Å². The first kappa shape index (κ1) is 26.0. The Hall–Kier alpha value is -6.20. The minimum absolute atomic E-state index is 0.303. The Morgan fingerprint density at radius 2 is 1.12 bits per heavy atom. The highest BCUT2D eigenvalue weighted by molar-refractivity contribution is 5.96. The summed E-state index contributed by atoms with van der Waals surface area (Å²) >= 11 is 0. The molecule has 1 N–H and O–H groups in total. The highest BCUT2D eigenvalue weighted by atomic mass is 16.4. The molecule has 4 aromatic carbocycles. The summed E-state index contributed by atoms with van der Waals surface area (Å²) in [5.41, 5.74) is 7.24. The number of carbonyl (C=O) groups is 1. The predicted molar refractivity (Wildman–Crippen MR) is 162 cm³/mol. The van der Waals surface area contributed by atoms with Crippen LogP contribution in [0.15, 0.2) is 140 Å². The SMILES string of the molecule is N#C/C(=C/c1ccc(-c2ccc(N(c3ccc(-n4cccn4)cc3)c3ccc(-n4cccn4)cc3)cc2)cc1)C(=O)O. The molecule has 0 spiro atoms. The Morgan fingerprint density at radius 3 is 1.50 bits per heavy atom. The van der Waals surface area contributed by atoms with Crippen LogP contribution in [0.25, 0.3) is 28.6 Å². The van der Waals surface area contributed by atoms with E-state index >= 15 is 0 Å². The lowest BCUT2D eigenvalue weighted by atomic mass is 10.0. The molecule has 6 rings (SSSR count). The van der Waals surface area contributed by atoms with E-state index in [1.807, 2.05) is 70.3 Å². The second-order valence-electron chi connectivity index (χ2n) is 9.41. The van der Waals surface area contributed by atoms with E-state index in [1.165, 1.54) is 6.08 Å². The van der Waals surface area contributed by atoms with Crippen molar-refractivity contribution in [2.45, 2.75) is 0 Å². The van der Waals surface area contributed by atoms with Gasteiger partial charge in [0.05, 0.1) is 11.4 Å². The van der Waals surface area contributed by atoms with Crippen molar-refractivity contribution in [1.82, 2.24) is 19.6 Å². The fourth-order valence-corrected chi connectivity index (χ4v) is 4.68. The third-order valence-electron chi connectivity index (χ3n) is 6.79. The molecule has 0 aliphatic carbocycles. The minimum Gasteiger partial charge on any atom is -0.477 e. The number of nitrogens with zero attached hydrogens (tertiary/aromatic N) is 6. The number of aliphatic carboxylic acids is 1. The number of aromatic nitrogens is 4. The molecule has 0 fully saturated rings. The Kier molecular flexibility index (Phi) is 7.13. The zero-order valence-electron chi connectivity index (χ0n) is 22.3. The van der Waals surface area contributed by atoms with Crippen LogP contribution in [0.1, 0.15) is 5.56 Å². The zero-order chi connectivity index (χ0) is 28.9. The normalized spacial score (nSPS) is 11.2. The average Bonchev–Trinajstić information content (AvgIpc) is 3.77. The molecule has 0 radical (unpaired) electrons. The number of anilines is 3. The summed E-state index contributed by atoms with van der Waals surface area (Å²) in [5, 5.41) is 26.8. The summed E-state index contributed by atoms with van der Waals surface area (Å²) in [6, 6.07) is 37.7. The van der Waals surface area contributed by atoms with Crippen molar-refractivity contribution in [1.29, 1.82) is 5.26 Å². The van der Waals surface area contributed by atoms with Gasteiger partial charge in [-0.15, -0.1) is 0 Å². The van der Waals surface area contributed by atoms with Crippen molar-refractivity contribution in [2.75, 3.05) is 4.90 Å².